The summed E-state index contributed by atoms with van der Waals surface area (Å²) in [7, 11) is 0. The predicted octanol–water partition coefficient (Wildman–Crippen LogP) is 1.15. The number of hydrogen-bond donors (Lipinski definition) is 2. The monoisotopic (exact) mass is 356 g/mol. The van der Waals surface area contributed by atoms with Gasteiger partial charge in [-0.3, -0.25) is 14.6 Å². The number of amides is 1. The van der Waals surface area contributed by atoms with Crippen molar-refractivity contribution in [3.8, 4) is 11.4 Å². The maximum Gasteiger partial charge on any atom is 0.326 e. The minimum Gasteiger partial charge on any atom is -0.480 e. The molecule has 2 aromatic heterocycles. The van der Waals surface area contributed by atoms with Crippen LogP contribution in [0.5, 0.6) is 0 Å². The van der Waals surface area contributed by atoms with Crippen molar-refractivity contribution in [1.29, 1.82) is 0 Å². The number of H-pyrrole nitrogens is 1. The molecule has 3 heterocycles. The molecule has 1 fully saturated rings. The Kier molecular flexibility index (Phi) is 5.11. The third kappa shape index (κ3) is 3.63. The average molecular weight is 356 g/mol. The lowest BCUT2D eigenvalue weighted by atomic mass is 10.0. The van der Waals surface area contributed by atoms with Gasteiger partial charge >= 0.3 is 5.97 Å². The highest BCUT2D eigenvalue weighted by atomic mass is 16.4. The molecule has 136 valence electrons. The molecule has 8 nitrogen and oxygen atoms in total. The summed E-state index contributed by atoms with van der Waals surface area (Å²) in [6.07, 6.45) is 5.03. The standard InChI is InChI=1S/C18H20N4O4/c1-11-13(10-15(23)22-9-3-2-4-14(22)18(25)26)17(24)21-16(20-11)12-5-7-19-8-6-12/h5-8,14H,2-4,9-10H2,1H3,(H,25,26)(H,20,21,24). The first-order chi connectivity index (χ1) is 12.5. The van der Waals surface area contributed by atoms with Crippen molar-refractivity contribution in [2.75, 3.05) is 6.54 Å². The number of carboxylic acids is 1. The molecule has 26 heavy (non-hydrogen) atoms. The molecule has 1 aliphatic heterocycles. The van der Waals surface area contributed by atoms with Gasteiger partial charge in [0.1, 0.15) is 11.9 Å². The number of aryl methyl sites for hydroxylation is 1. The lowest BCUT2D eigenvalue weighted by molar-refractivity contribution is -0.151. The molecule has 1 saturated heterocycles. The number of piperidine rings is 1. The minimum absolute atomic E-state index is 0.158. The average Bonchev–Trinajstić information content (AvgIpc) is 2.65. The van der Waals surface area contributed by atoms with E-state index in [9.17, 15) is 19.5 Å². The minimum atomic E-state index is -1.00. The van der Waals surface area contributed by atoms with E-state index in [-0.39, 0.29) is 23.5 Å². The Hall–Kier alpha value is -3.03. The fourth-order valence-electron chi connectivity index (χ4n) is 3.20. The van der Waals surface area contributed by atoms with Gasteiger partial charge in [-0.05, 0) is 38.3 Å². The number of rotatable bonds is 4. The number of nitrogens with one attached hydrogen (secondary N) is 1. The summed E-state index contributed by atoms with van der Waals surface area (Å²) in [4.78, 5) is 48.8. The Bertz CT molecular complexity index is 879. The second kappa shape index (κ2) is 7.47. The molecule has 2 aromatic rings. The molecule has 0 spiro atoms. The zero-order valence-corrected chi connectivity index (χ0v) is 14.4. The first-order valence-corrected chi connectivity index (χ1v) is 8.50. The van der Waals surface area contributed by atoms with Crippen LogP contribution in [-0.4, -0.2) is 49.4 Å². The molecule has 3 rings (SSSR count). The summed E-state index contributed by atoms with van der Waals surface area (Å²) < 4.78 is 0. The van der Waals surface area contributed by atoms with Gasteiger partial charge in [0.05, 0.1) is 6.42 Å². The number of aliphatic carboxylic acids is 1. The van der Waals surface area contributed by atoms with Crippen LogP contribution in [-0.2, 0) is 16.0 Å². The number of hydrogen-bond acceptors (Lipinski definition) is 5. The molecular formula is C18H20N4O4. The maximum atomic E-state index is 12.6. The van der Waals surface area contributed by atoms with Gasteiger partial charge in [0.15, 0.2) is 0 Å². The highest BCUT2D eigenvalue weighted by Crippen LogP contribution is 2.19. The van der Waals surface area contributed by atoms with Gasteiger partial charge in [0.2, 0.25) is 5.91 Å². The van der Waals surface area contributed by atoms with Gasteiger partial charge < -0.3 is 15.0 Å². The number of nitrogens with zero attached hydrogens (tertiary/aromatic N) is 3. The summed E-state index contributed by atoms with van der Waals surface area (Å²) in [6, 6.07) is 2.64. The van der Waals surface area contributed by atoms with Crippen LogP contribution in [0.15, 0.2) is 29.3 Å². The van der Waals surface area contributed by atoms with Gasteiger partial charge in [0, 0.05) is 35.8 Å². The van der Waals surface area contributed by atoms with Crippen LogP contribution < -0.4 is 5.56 Å². The molecule has 0 saturated carbocycles. The molecular weight excluding hydrogens is 336 g/mol. The fraction of sp³-hybridized carbons (Fsp3) is 0.389. The third-order valence-corrected chi connectivity index (χ3v) is 4.61. The van der Waals surface area contributed by atoms with Crippen LogP contribution >= 0.6 is 0 Å². The Morgan fingerprint density at radius 2 is 2.04 bits per heavy atom. The van der Waals surface area contributed by atoms with Crippen LogP contribution in [0.25, 0.3) is 11.4 Å². The zero-order valence-electron chi connectivity index (χ0n) is 14.4. The van der Waals surface area contributed by atoms with Crippen LogP contribution in [0.3, 0.4) is 0 Å². The van der Waals surface area contributed by atoms with Gasteiger partial charge in [-0.2, -0.15) is 0 Å². The molecule has 1 amide bonds. The van der Waals surface area contributed by atoms with E-state index < -0.39 is 12.0 Å². The Labute approximate surface area is 149 Å². The molecule has 0 radical (unpaired) electrons. The topological polar surface area (TPSA) is 116 Å². The van der Waals surface area contributed by atoms with Gasteiger partial charge in [-0.25, -0.2) is 9.78 Å². The largest absolute Gasteiger partial charge is 0.480 e. The van der Waals surface area contributed by atoms with E-state index >= 15 is 0 Å². The van der Waals surface area contributed by atoms with Crippen molar-refractivity contribution in [2.24, 2.45) is 0 Å². The van der Waals surface area contributed by atoms with E-state index in [2.05, 4.69) is 15.0 Å². The number of aromatic nitrogens is 3. The Morgan fingerprint density at radius 1 is 1.31 bits per heavy atom. The number of carbonyl (C=O) groups is 2. The Balaban J connectivity index is 1.85. The van der Waals surface area contributed by atoms with Gasteiger partial charge in [-0.15, -0.1) is 0 Å². The molecule has 8 heteroatoms. The number of likely N-dealkylation sites (tertiary alicyclic amines) is 1. The normalized spacial score (nSPS) is 17.1. The zero-order chi connectivity index (χ0) is 18.7. The van der Waals surface area contributed by atoms with Crippen molar-refractivity contribution < 1.29 is 14.7 Å². The number of pyridine rings is 1. The number of aromatic amines is 1. The number of carboxylic acid groups (broad SMARTS) is 1. The summed E-state index contributed by atoms with van der Waals surface area (Å²) >= 11 is 0. The second-order valence-electron chi connectivity index (χ2n) is 6.33. The van der Waals surface area contributed by atoms with Crippen molar-refractivity contribution in [1.82, 2.24) is 19.9 Å². The van der Waals surface area contributed by atoms with Crippen LogP contribution in [0.4, 0.5) is 0 Å². The van der Waals surface area contributed by atoms with E-state index in [1.165, 1.54) is 4.90 Å². The van der Waals surface area contributed by atoms with E-state index in [1.54, 1.807) is 31.5 Å². The van der Waals surface area contributed by atoms with Crippen LogP contribution in [0, 0.1) is 6.92 Å². The maximum absolute atomic E-state index is 12.6. The molecule has 0 bridgehead atoms. The highest BCUT2D eigenvalue weighted by molar-refractivity contribution is 5.85. The van der Waals surface area contributed by atoms with E-state index in [0.29, 0.717) is 24.5 Å². The lowest BCUT2D eigenvalue weighted by Gasteiger charge is -2.33. The molecule has 2 N–H and O–H groups in total. The summed E-state index contributed by atoms with van der Waals surface area (Å²) in [5.41, 5.74) is 1.06. The summed E-state index contributed by atoms with van der Waals surface area (Å²) in [5, 5.41) is 9.32. The van der Waals surface area contributed by atoms with Crippen molar-refractivity contribution in [3.63, 3.8) is 0 Å². The van der Waals surface area contributed by atoms with Gasteiger partial charge in [0.25, 0.3) is 5.56 Å². The van der Waals surface area contributed by atoms with Crippen molar-refractivity contribution in [3.05, 3.63) is 46.1 Å². The van der Waals surface area contributed by atoms with Crippen LogP contribution in [0.2, 0.25) is 0 Å². The van der Waals surface area contributed by atoms with Gasteiger partial charge in [-0.1, -0.05) is 0 Å². The molecule has 1 atom stereocenters. The van der Waals surface area contributed by atoms with E-state index in [1.807, 2.05) is 0 Å². The molecule has 1 aliphatic rings. The first kappa shape index (κ1) is 17.8. The van der Waals surface area contributed by atoms with E-state index in [0.717, 1.165) is 18.4 Å². The Morgan fingerprint density at radius 3 is 2.69 bits per heavy atom. The highest BCUT2D eigenvalue weighted by Gasteiger charge is 2.32. The first-order valence-electron chi connectivity index (χ1n) is 8.50. The molecule has 0 aliphatic carbocycles. The second-order valence-corrected chi connectivity index (χ2v) is 6.33. The smallest absolute Gasteiger partial charge is 0.326 e. The third-order valence-electron chi connectivity index (χ3n) is 4.61. The van der Waals surface area contributed by atoms with Crippen molar-refractivity contribution >= 4 is 11.9 Å². The molecule has 1 unspecified atom stereocenters. The van der Waals surface area contributed by atoms with Crippen molar-refractivity contribution in [2.45, 2.75) is 38.6 Å². The fourth-order valence-corrected chi connectivity index (χ4v) is 3.20. The van der Waals surface area contributed by atoms with Crippen LogP contribution in [0.1, 0.15) is 30.5 Å². The predicted molar refractivity (Wildman–Crippen MR) is 93.5 cm³/mol. The summed E-state index contributed by atoms with van der Waals surface area (Å²) in [6.45, 7) is 2.07. The number of carbonyl (C=O) groups excluding carboxylic acids is 1. The van der Waals surface area contributed by atoms with E-state index in [4.69, 9.17) is 0 Å². The SMILES string of the molecule is Cc1nc(-c2ccncc2)[nH]c(=O)c1CC(=O)N1CCCCC1C(=O)O. The summed E-state index contributed by atoms with van der Waals surface area (Å²) in [5.74, 6) is -0.952. The quantitative estimate of drug-likeness (QED) is 0.849. The molecule has 0 aromatic carbocycles. The lowest BCUT2D eigenvalue weighted by Crippen LogP contribution is -2.49.